The zero-order valence-corrected chi connectivity index (χ0v) is 19.6. The van der Waals surface area contributed by atoms with Gasteiger partial charge in [-0.25, -0.2) is 4.39 Å². The van der Waals surface area contributed by atoms with E-state index in [1.165, 1.54) is 10.9 Å². The number of ether oxygens (including phenoxy) is 2. The predicted molar refractivity (Wildman–Crippen MR) is 134 cm³/mol. The van der Waals surface area contributed by atoms with Gasteiger partial charge in [-0.1, -0.05) is 30.3 Å². The van der Waals surface area contributed by atoms with Crippen LogP contribution in [0.25, 0.3) is 10.8 Å². The van der Waals surface area contributed by atoms with E-state index < -0.39 is 0 Å². The largest absolute Gasteiger partial charge is 0.379 e. The molecule has 0 bridgehead atoms. The van der Waals surface area contributed by atoms with E-state index >= 15 is 0 Å². The molecule has 7 heteroatoms. The monoisotopic (exact) mass is 465 g/mol. The zero-order valence-electron chi connectivity index (χ0n) is 19.6. The fourth-order valence-corrected chi connectivity index (χ4v) is 4.41. The van der Waals surface area contributed by atoms with Crippen molar-refractivity contribution in [3.8, 4) is 0 Å². The summed E-state index contributed by atoms with van der Waals surface area (Å²) >= 11 is 0. The Kier molecular flexibility index (Phi) is 8.46. The van der Waals surface area contributed by atoms with Crippen LogP contribution in [0.15, 0.2) is 54.6 Å². The highest BCUT2D eigenvalue weighted by Gasteiger charge is 2.14. The highest BCUT2D eigenvalue weighted by molar-refractivity contribution is 5.99. The maximum Gasteiger partial charge on any atom is 0.211 e. The van der Waals surface area contributed by atoms with E-state index in [-0.39, 0.29) is 5.82 Å². The Morgan fingerprint density at radius 1 is 0.912 bits per heavy atom. The number of amides is 1. The number of rotatable bonds is 5. The molecule has 2 aliphatic rings. The van der Waals surface area contributed by atoms with Gasteiger partial charge >= 0.3 is 0 Å². The molecule has 3 aromatic rings. The number of hydrogen-bond donors (Lipinski definition) is 1. The van der Waals surface area contributed by atoms with Gasteiger partial charge in [0.05, 0.1) is 26.4 Å². The van der Waals surface area contributed by atoms with Gasteiger partial charge in [0.25, 0.3) is 0 Å². The van der Waals surface area contributed by atoms with E-state index in [9.17, 15) is 9.18 Å². The molecule has 0 saturated carbocycles. The number of carbonyl (C=O) groups excluding carboxylic acids is 1. The van der Waals surface area contributed by atoms with Crippen LogP contribution in [-0.4, -0.2) is 63.9 Å². The summed E-state index contributed by atoms with van der Waals surface area (Å²) in [6.07, 6.45) is 0.726. The van der Waals surface area contributed by atoms with Crippen LogP contribution in [0.4, 0.5) is 15.8 Å². The quantitative estimate of drug-likeness (QED) is 0.572. The molecule has 2 heterocycles. The van der Waals surface area contributed by atoms with Gasteiger partial charge in [-0.3, -0.25) is 9.69 Å². The molecule has 0 atom stereocenters. The Bertz CT molecular complexity index is 1080. The van der Waals surface area contributed by atoms with E-state index in [1.807, 2.05) is 37.3 Å². The molecule has 0 spiro atoms. The van der Waals surface area contributed by atoms with Gasteiger partial charge in [-0.2, -0.15) is 0 Å². The number of morpholine rings is 2. The van der Waals surface area contributed by atoms with Crippen molar-refractivity contribution < 1.29 is 18.7 Å². The zero-order chi connectivity index (χ0) is 23.8. The number of benzene rings is 3. The van der Waals surface area contributed by atoms with Gasteiger partial charge in [-0.15, -0.1) is 0 Å². The van der Waals surface area contributed by atoms with Gasteiger partial charge in [0.15, 0.2) is 0 Å². The molecule has 0 radical (unpaired) electrons. The van der Waals surface area contributed by atoms with Crippen molar-refractivity contribution in [2.24, 2.45) is 0 Å². The van der Waals surface area contributed by atoms with Gasteiger partial charge < -0.3 is 19.7 Å². The number of nitrogens with one attached hydrogen (secondary N) is 1. The standard InChI is InChI=1S/C16H18N2O2.C11H14FNO/c19-12-17-16-6-5-13(11-18-7-9-20-10-8-18)14-3-1-2-4-15(14)16;1-9-6-10(12)8-11(7-9)13-2-4-14-5-3-13/h1-6,12H,7-11H2,(H,17,19);6-8H,2-5H2,1H3. The normalized spacial score (nSPS) is 16.6. The molecule has 0 aromatic heterocycles. The minimum Gasteiger partial charge on any atom is -0.379 e. The Hall–Kier alpha value is -3.00. The minimum absolute atomic E-state index is 0.161. The molecule has 2 fully saturated rings. The second kappa shape index (κ2) is 11.9. The molecule has 2 aliphatic heterocycles. The highest BCUT2D eigenvalue weighted by atomic mass is 19.1. The number of fused-ring (bicyclic) bond motifs is 1. The second-order valence-electron chi connectivity index (χ2n) is 8.55. The first-order chi connectivity index (χ1) is 16.6. The third-order valence-corrected chi connectivity index (χ3v) is 6.13. The average Bonchev–Trinajstić information content (AvgIpc) is 2.87. The number of carbonyl (C=O) groups is 1. The third-order valence-electron chi connectivity index (χ3n) is 6.13. The van der Waals surface area contributed by atoms with Gasteiger partial charge in [0.2, 0.25) is 6.41 Å². The van der Waals surface area contributed by atoms with Crippen molar-refractivity contribution >= 4 is 28.6 Å². The number of aryl methyl sites for hydroxylation is 1. The molecule has 0 aliphatic carbocycles. The van der Waals surface area contributed by atoms with E-state index in [0.29, 0.717) is 0 Å². The minimum atomic E-state index is -0.161. The molecule has 180 valence electrons. The van der Waals surface area contributed by atoms with Crippen LogP contribution < -0.4 is 10.2 Å². The summed E-state index contributed by atoms with van der Waals surface area (Å²) in [5.74, 6) is -0.161. The van der Waals surface area contributed by atoms with Crippen LogP contribution in [0.2, 0.25) is 0 Å². The molecule has 0 unspecified atom stereocenters. The third kappa shape index (κ3) is 6.32. The summed E-state index contributed by atoms with van der Waals surface area (Å²) in [7, 11) is 0. The van der Waals surface area contributed by atoms with Crippen LogP contribution in [0.1, 0.15) is 11.1 Å². The molecule has 1 N–H and O–H groups in total. The lowest BCUT2D eigenvalue weighted by atomic mass is 10.0. The molecule has 6 nitrogen and oxygen atoms in total. The van der Waals surface area contributed by atoms with Gasteiger partial charge in [-0.05, 0) is 47.7 Å². The predicted octanol–water partition coefficient (Wildman–Crippen LogP) is 4.21. The topological polar surface area (TPSA) is 54.0 Å². The van der Waals surface area contributed by atoms with E-state index in [4.69, 9.17) is 9.47 Å². The fraction of sp³-hybridized carbons (Fsp3) is 0.370. The lowest BCUT2D eigenvalue weighted by Crippen LogP contribution is -2.36. The van der Waals surface area contributed by atoms with Crippen LogP contribution in [0.3, 0.4) is 0 Å². The molecule has 3 aromatic carbocycles. The van der Waals surface area contributed by atoms with Crippen molar-refractivity contribution in [2.45, 2.75) is 13.5 Å². The van der Waals surface area contributed by atoms with Crippen molar-refractivity contribution in [2.75, 3.05) is 62.8 Å². The smallest absolute Gasteiger partial charge is 0.211 e. The summed E-state index contributed by atoms with van der Waals surface area (Å²) in [5, 5.41) is 5.06. The Morgan fingerprint density at radius 2 is 1.59 bits per heavy atom. The first-order valence-electron chi connectivity index (χ1n) is 11.7. The van der Waals surface area contributed by atoms with Crippen molar-refractivity contribution in [3.05, 3.63) is 71.5 Å². The molecule has 1 amide bonds. The highest BCUT2D eigenvalue weighted by Crippen LogP contribution is 2.27. The van der Waals surface area contributed by atoms with E-state index in [0.717, 1.165) is 87.9 Å². The summed E-state index contributed by atoms with van der Waals surface area (Å²) in [5.41, 5.74) is 4.08. The average molecular weight is 466 g/mol. The van der Waals surface area contributed by atoms with Crippen LogP contribution in [0, 0.1) is 12.7 Å². The number of nitrogens with zero attached hydrogens (tertiary/aromatic N) is 2. The summed E-state index contributed by atoms with van der Waals surface area (Å²) < 4.78 is 23.8. The van der Waals surface area contributed by atoms with Gasteiger partial charge in [0.1, 0.15) is 5.82 Å². The van der Waals surface area contributed by atoms with Gasteiger partial charge in [0, 0.05) is 49.5 Å². The fourth-order valence-electron chi connectivity index (χ4n) is 4.41. The Balaban J connectivity index is 0.000000172. The number of halogens is 1. The van der Waals surface area contributed by atoms with E-state index in [2.05, 4.69) is 27.2 Å². The molecule has 2 saturated heterocycles. The molecular weight excluding hydrogens is 433 g/mol. The van der Waals surface area contributed by atoms with E-state index in [1.54, 1.807) is 12.1 Å². The van der Waals surface area contributed by atoms with Crippen LogP contribution in [0.5, 0.6) is 0 Å². The van der Waals surface area contributed by atoms with Crippen LogP contribution in [-0.2, 0) is 20.8 Å². The van der Waals surface area contributed by atoms with Crippen molar-refractivity contribution in [1.29, 1.82) is 0 Å². The van der Waals surface area contributed by atoms with Crippen LogP contribution >= 0.6 is 0 Å². The summed E-state index contributed by atoms with van der Waals surface area (Å²) in [6.45, 7) is 9.56. The van der Waals surface area contributed by atoms with Crippen molar-refractivity contribution in [3.63, 3.8) is 0 Å². The molecular formula is C27H32FN3O3. The lowest BCUT2D eigenvalue weighted by Gasteiger charge is -2.29. The summed E-state index contributed by atoms with van der Waals surface area (Å²) in [4.78, 5) is 15.2. The Labute approximate surface area is 200 Å². The Morgan fingerprint density at radius 3 is 2.26 bits per heavy atom. The van der Waals surface area contributed by atoms with Crippen molar-refractivity contribution in [1.82, 2.24) is 4.90 Å². The SMILES string of the molecule is Cc1cc(F)cc(N2CCOCC2)c1.O=CNc1ccc(CN2CCOCC2)c2ccccc12. The molecule has 34 heavy (non-hydrogen) atoms. The first kappa shape index (κ1) is 24.1. The maximum atomic E-state index is 13.1. The molecule has 5 rings (SSSR count). The number of anilines is 2. The maximum absolute atomic E-state index is 13.1. The first-order valence-corrected chi connectivity index (χ1v) is 11.7. The second-order valence-corrected chi connectivity index (χ2v) is 8.55. The number of hydrogen-bond acceptors (Lipinski definition) is 5. The lowest BCUT2D eigenvalue weighted by molar-refractivity contribution is -0.105. The summed E-state index contributed by atoms with van der Waals surface area (Å²) in [6, 6.07) is 17.4.